The van der Waals surface area contributed by atoms with E-state index < -0.39 is 0 Å². The zero-order valence-corrected chi connectivity index (χ0v) is 16.9. The van der Waals surface area contributed by atoms with Gasteiger partial charge in [0.05, 0.1) is 0 Å². The van der Waals surface area contributed by atoms with Crippen molar-refractivity contribution < 1.29 is 14.3 Å². The number of carbonyl (C=O) groups is 1. The highest BCUT2D eigenvalue weighted by atomic mass is 16.5. The van der Waals surface area contributed by atoms with Gasteiger partial charge in [-0.05, 0) is 67.9 Å². The van der Waals surface area contributed by atoms with Gasteiger partial charge in [-0.25, -0.2) is 0 Å². The van der Waals surface area contributed by atoms with E-state index in [2.05, 4.69) is 19.2 Å². The summed E-state index contributed by atoms with van der Waals surface area (Å²) in [5, 5.41) is 3.39. The van der Waals surface area contributed by atoms with Crippen molar-refractivity contribution in [1.29, 1.82) is 0 Å². The van der Waals surface area contributed by atoms with Crippen molar-refractivity contribution in [2.24, 2.45) is 5.92 Å². The number of ether oxygens (including phenoxy) is 2. The Kier molecular flexibility index (Phi) is 7.49. The summed E-state index contributed by atoms with van der Waals surface area (Å²) in [7, 11) is 0. The minimum Gasteiger partial charge on any atom is -0.461 e. The van der Waals surface area contributed by atoms with E-state index in [4.69, 9.17) is 9.47 Å². The van der Waals surface area contributed by atoms with E-state index in [0.717, 1.165) is 49.2 Å². The number of hydrogen-bond acceptors (Lipinski definition) is 4. The minimum absolute atomic E-state index is 0.107. The van der Waals surface area contributed by atoms with Gasteiger partial charge in [0.2, 0.25) is 0 Å². The molecule has 4 nitrogen and oxygen atoms in total. The number of benzene rings is 2. The molecule has 0 saturated heterocycles. The first-order valence-electron chi connectivity index (χ1n) is 10.4. The summed E-state index contributed by atoms with van der Waals surface area (Å²) in [4.78, 5) is 12.6. The summed E-state index contributed by atoms with van der Waals surface area (Å²) in [6.45, 7) is 4.89. The molecular weight excluding hydrogens is 350 g/mol. The van der Waals surface area contributed by atoms with Crippen LogP contribution in [0.1, 0.15) is 51.5 Å². The van der Waals surface area contributed by atoms with Crippen LogP contribution in [0.15, 0.2) is 54.6 Å². The number of para-hydroxylation sites is 1. The molecule has 0 amide bonds. The number of carbonyl (C=O) groups excluding carboxylic acids is 1. The zero-order valence-electron chi connectivity index (χ0n) is 16.9. The molecule has 0 spiro atoms. The molecule has 1 N–H and O–H groups in total. The normalized spacial score (nSPS) is 15.5. The van der Waals surface area contributed by atoms with Gasteiger partial charge in [-0.3, -0.25) is 4.79 Å². The summed E-state index contributed by atoms with van der Waals surface area (Å²) >= 11 is 0. The highest BCUT2D eigenvalue weighted by molar-refractivity contribution is 5.76. The van der Waals surface area contributed by atoms with E-state index in [9.17, 15) is 4.79 Å². The summed E-state index contributed by atoms with van der Waals surface area (Å²) in [6, 6.07) is 17.4. The molecule has 150 valence electrons. The van der Waals surface area contributed by atoms with Crippen LogP contribution in [0.3, 0.4) is 0 Å². The van der Waals surface area contributed by atoms with Crippen LogP contribution < -0.4 is 10.1 Å². The Balaban J connectivity index is 1.53. The highest BCUT2D eigenvalue weighted by Crippen LogP contribution is 2.23. The molecule has 1 unspecified atom stereocenters. The first-order chi connectivity index (χ1) is 13.6. The van der Waals surface area contributed by atoms with Crippen LogP contribution in [0.4, 0.5) is 0 Å². The molecule has 4 heteroatoms. The van der Waals surface area contributed by atoms with E-state index >= 15 is 0 Å². The molecule has 1 atom stereocenters. The summed E-state index contributed by atoms with van der Waals surface area (Å²) in [5.74, 6) is 1.94. The van der Waals surface area contributed by atoms with Gasteiger partial charge < -0.3 is 14.8 Å². The van der Waals surface area contributed by atoms with Crippen LogP contribution in [0.2, 0.25) is 0 Å². The second-order valence-corrected chi connectivity index (χ2v) is 7.97. The lowest BCUT2D eigenvalue weighted by Crippen LogP contribution is -2.40. The Labute approximate surface area is 168 Å². The number of rotatable bonds is 9. The Hall–Kier alpha value is -2.33. The molecular formula is C24H31NO3. The van der Waals surface area contributed by atoms with Crippen molar-refractivity contribution in [1.82, 2.24) is 5.32 Å². The van der Waals surface area contributed by atoms with E-state index in [1.165, 1.54) is 0 Å². The lowest BCUT2D eigenvalue weighted by atomic mass is 10.0. The lowest BCUT2D eigenvalue weighted by Gasteiger charge is -2.22. The molecule has 2 aromatic carbocycles. The lowest BCUT2D eigenvalue weighted by molar-refractivity contribution is -0.151. The fraction of sp³-hybridized carbons (Fsp3) is 0.458. The molecule has 1 aliphatic rings. The van der Waals surface area contributed by atoms with Crippen LogP contribution in [0.5, 0.6) is 11.5 Å². The van der Waals surface area contributed by atoms with Crippen molar-refractivity contribution in [3.63, 3.8) is 0 Å². The standard InChI is InChI=1S/C24H31NO3/c1-18(2)16-23(24(26)28-21-10-6-7-11-21)25-17-19-12-14-22(15-13-19)27-20-8-4-3-5-9-20/h3-5,8-9,12-15,18,21,23,25H,6-7,10-11,16-17H2,1-2H3. The van der Waals surface area contributed by atoms with Crippen molar-refractivity contribution >= 4 is 5.97 Å². The predicted molar refractivity (Wildman–Crippen MR) is 111 cm³/mol. The molecule has 28 heavy (non-hydrogen) atoms. The minimum atomic E-state index is -0.263. The fourth-order valence-corrected chi connectivity index (χ4v) is 3.53. The Morgan fingerprint density at radius 3 is 2.29 bits per heavy atom. The Bertz CT molecular complexity index is 721. The molecule has 2 aromatic rings. The highest BCUT2D eigenvalue weighted by Gasteiger charge is 2.25. The molecule has 0 bridgehead atoms. The van der Waals surface area contributed by atoms with Gasteiger partial charge >= 0.3 is 5.97 Å². The van der Waals surface area contributed by atoms with E-state index in [-0.39, 0.29) is 18.1 Å². The SMILES string of the molecule is CC(C)CC(NCc1ccc(Oc2ccccc2)cc1)C(=O)OC1CCCC1. The third kappa shape index (κ3) is 6.38. The second kappa shape index (κ2) is 10.3. The van der Waals surface area contributed by atoms with Gasteiger partial charge in [-0.2, -0.15) is 0 Å². The largest absolute Gasteiger partial charge is 0.461 e. The molecule has 0 heterocycles. The van der Waals surface area contributed by atoms with Crippen molar-refractivity contribution in [3.05, 3.63) is 60.2 Å². The summed E-state index contributed by atoms with van der Waals surface area (Å²) < 4.78 is 11.6. The molecule has 0 aliphatic heterocycles. The smallest absolute Gasteiger partial charge is 0.323 e. The van der Waals surface area contributed by atoms with Crippen molar-refractivity contribution in [3.8, 4) is 11.5 Å². The van der Waals surface area contributed by atoms with Crippen LogP contribution in [0, 0.1) is 5.92 Å². The Morgan fingerprint density at radius 1 is 1.00 bits per heavy atom. The van der Waals surface area contributed by atoms with E-state index in [0.29, 0.717) is 12.5 Å². The van der Waals surface area contributed by atoms with Gasteiger partial charge in [0, 0.05) is 6.54 Å². The molecule has 3 rings (SSSR count). The summed E-state index contributed by atoms with van der Waals surface area (Å²) in [6.07, 6.45) is 5.22. The van der Waals surface area contributed by atoms with Crippen LogP contribution in [-0.2, 0) is 16.1 Å². The van der Waals surface area contributed by atoms with Crippen molar-refractivity contribution in [2.45, 2.75) is 64.6 Å². The number of esters is 1. The molecule has 1 fully saturated rings. The molecule has 1 aliphatic carbocycles. The van der Waals surface area contributed by atoms with Gasteiger partial charge in [-0.15, -0.1) is 0 Å². The van der Waals surface area contributed by atoms with Gasteiger partial charge in [0.1, 0.15) is 23.6 Å². The first-order valence-corrected chi connectivity index (χ1v) is 10.4. The van der Waals surface area contributed by atoms with E-state index in [1.54, 1.807) is 0 Å². The first kappa shape index (κ1) is 20.4. The molecule has 0 radical (unpaired) electrons. The second-order valence-electron chi connectivity index (χ2n) is 7.97. The fourth-order valence-electron chi connectivity index (χ4n) is 3.53. The quantitative estimate of drug-likeness (QED) is 0.585. The maximum Gasteiger partial charge on any atom is 0.323 e. The van der Waals surface area contributed by atoms with Crippen LogP contribution >= 0.6 is 0 Å². The predicted octanol–water partition coefficient (Wildman–Crippen LogP) is 5.47. The van der Waals surface area contributed by atoms with E-state index in [1.807, 2.05) is 54.6 Å². The van der Waals surface area contributed by atoms with Gasteiger partial charge in [0.25, 0.3) is 0 Å². The van der Waals surface area contributed by atoms with Crippen LogP contribution in [0.25, 0.3) is 0 Å². The maximum absolute atomic E-state index is 12.6. The number of hydrogen-bond donors (Lipinski definition) is 1. The topological polar surface area (TPSA) is 47.6 Å². The number of nitrogens with one attached hydrogen (secondary N) is 1. The molecule has 0 aromatic heterocycles. The van der Waals surface area contributed by atoms with Gasteiger partial charge in [0.15, 0.2) is 0 Å². The monoisotopic (exact) mass is 381 g/mol. The average molecular weight is 382 g/mol. The zero-order chi connectivity index (χ0) is 19.8. The van der Waals surface area contributed by atoms with Crippen molar-refractivity contribution in [2.75, 3.05) is 0 Å². The molecule has 1 saturated carbocycles. The maximum atomic E-state index is 12.6. The Morgan fingerprint density at radius 2 is 1.64 bits per heavy atom. The van der Waals surface area contributed by atoms with Crippen LogP contribution in [-0.4, -0.2) is 18.1 Å². The third-order valence-corrected chi connectivity index (χ3v) is 5.03. The summed E-state index contributed by atoms with van der Waals surface area (Å²) in [5.41, 5.74) is 1.11. The average Bonchev–Trinajstić information content (AvgIpc) is 3.20. The third-order valence-electron chi connectivity index (χ3n) is 5.03. The van der Waals surface area contributed by atoms with Gasteiger partial charge in [-0.1, -0.05) is 44.2 Å².